The maximum atomic E-state index is 12.8. The van der Waals surface area contributed by atoms with Crippen LogP contribution in [0.1, 0.15) is 5.56 Å². The lowest BCUT2D eigenvalue weighted by atomic mass is 10.1. The molecule has 4 nitrogen and oxygen atoms in total. The van der Waals surface area contributed by atoms with Crippen LogP contribution in [-0.2, 0) is 9.84 Å². The van der Waals surface area contributed by atoms with Crippen LogP contribution in [0.5, 0.6) is 17.2 Å². The van der Waals surface area contributed by atoms with Gasteiger partial charge in [0.2, 0.25) is 9.84 Å². The van der Waals surface area contributed by atoms with Crippen LogP contribution in [0.2, 0.25) is 0 Å². The quantitative estimate of drug-likeness (QED) is 0.423. The number of fused-ring (bicyclic) bond motifs is 1. The third-order valence-electron chi connectivity index (χ3n) is 4.72. The second kappa shape index (κ2) is 7.60. The van der Waals surface area contributed by atoms with Crippen molar-refractivity contribution < 1.29 is 17.9 Å². The fraction of sp³-hybridized carbons (Fsp3) is 0.0833. The molecule has 0 saturated carbocycles. The summed E-state index contributed by atoms with van der Waals surface area (Å²) in [6.07, 6.45) is 0. The van der Waals surface area contributed by atoms with Gasteiger partial charge in [0.15, 0.2) is 0 Å². The Morgan fingerprint density at radius 3 is 1.69 bits per heavy atom. The molecule has 0 N–H and O–H groups in total. The average Bonchev–Trinajstić information content (AvgIpc) is 2.74. The van der Waals surface area contributed by atoms with Crippen LogP contribution in [0.3, 0.4) is 0 Å². The minimum atomic E-state index is -3.55. The van der Waals surface area contributed by atoms with Gasteiger partial charge in [0.05, 0.1) is 16.9 Å². The van der Waals surface area contributed by atoms with Crippen molar-refractivity contribution in [1.29, 1.82) is 0 Å². The second-order valence-corrected chi connectivity index (χ2v) is 8.71. The molecule has 0 aliphatic rings. The van der Waals surface area contributed by atoms with Crippen molar-refractivity contribution in [2.45, 2.75) is 16.7 Å². The molecule has 0 aliphatic heterocycles. The SMILES string of the molecule is COc1ccc2cc(Oc3ccc(S(=O)(=O)c4ccc(C)cc4)cc3)ccc2c1. The van der Waals surface area contributed by atoms with Crippen molar-refractivity contribution in [2.75, 3.05) is 7.11 Å². The summed E-state index contributed by atoms with van der Waals surface area (Å²) in [6.45, 7) is 1.92. The Bertz CT molecular complexity index is 1260. The summed E-state index contributed by atoms with van der Waals surface area (Å²) in [4.78, 5) is 0.515. The third-order valence-corrected chi connectivity index (χ3v) is 6.51. The number of hydrogen-bond donors (Lipinski definition) is 0. The number of benzene rings is 4. The van der Waals surface area contributed by atoms with E-state index in [4.69, 9.17) is 9.47 Å². The van der Waals surface area contributed by atoms with Crippen LogP contribution in [0.4, 0.5) is 0 Å². The highest BCUT2D eigenvalue weighted by molar-refractivity contribution is 7.91. The molecule has 0 aliphatic carbocycles. The van der Waals surface area contributed by atoms with E-state index in [1.807, 2.05) is 43.3 Å². The molecule has 0 bridgehead atoms. The van der Waals surface area contributed by atoms with Crippen molar-refractivity contribution in [3.05, 3.63) is 90.5 Å². The molecule has 5 heteroatoms. The van der Waals surface area contributed by atoms with Gasteiger partial charge in [-0.3, -0.25) is 0 Å². The van der Waals surface area contributed by atoms with Gasteiger partial charge in [-0.15, -0.1) is 0 Å². The molecule has 0 unspecified atom stereocenters. The Morgan fingerprint density at radius 1 is 0.621 bits per heavy atom. The van der Waals surface area contributed by atoms with E-state index >= 15 is 0 Å². The van der Waals surface area contributed by atoms with E-state index in [2.05, 4.69) is 0 Å². The molecular weight excluding hydrogens is 384 g/mol. The zero-order chi connectivity index (χ0) is 20.4. The molecule has 4 aromatic rings. The van der Waals surface area contributed by atoms with Crippen molar-refractivity contribution in [1.82, 2.24) is 0 Å². The Balaban J connectivity index is 1.56. The van der Waals surface area contributed by atoms with Gasteiger partial charge in [0.25, 0.3) is 0 Å². The summed E-state index contributed by atoms with van der Waals surface area (Å²) in [5.41, 5.74) is 1.02. The van der Waals surface area contributed by atoms with E-state index < -0.39 is 9.84 Å². The van der Waals surface area contributed by atoms with E-state index in [1.54, 1.807) is 55.6 Å². The number of methoxy groups -OCH3 is 1. The van der Waals surface area contributed by atoms with Gasteiger partial charge in [-0.25, -0.2) is 8.42 Å². The Labute approximate surface area is 170 Å². The normalized spacial score (nSPS) is 11.4. The van der Waals surface area contributed by atoms with Crippen LogP contribution in [0.15, 0.2) is 94.7 Å². The molecule has 4 rings (SSSR count). The van der Waals surface area contributed by atoms with E-state index in [9.17, 15) is 8.42 Å². The van der Waals surface area contributed by atoms with E-state index in [0.717, 1.165) is 22.1 Å². The van der Waals surface area contributed by atoms with Gasteiger partial charge < -0.3 is 9.47 Å². The smallest absolute Gasteiger partial charge is 0.206 e. The standard InChI is InChI=1S/C24H20O4S/c1-17-3-11-23(12-4-17)29(25,26)24-13-9-20(10-14-24)28-22-8-6-18-15-21(27-2)7-5-19(18)16-22/h3-16H,1-2H3. The summed E-state index contributed by atoms with van der Waals surface area (Å²) in [7, 11) is -1.91. The number of ether oxygens (including phenoxy) is 2. The zero-order valence-corrected chi connectivity index (χ0v) is 16.9. The van der Waals surface area contributed by atoms with Crippen molar-refractivity contribution >= 4 is 20.6 Å². The summed E-state index contributed by atoms with van der Waals surface area (Å²) in [6, 6.07) is 24.9. The fourth-order valence-electron chi connectivity index (χ4n) is 3.07. The fourth-order valence-corrected chi connectivity index (χ4v) is 4.33. The van der Waals surface area contributed by atoms with Crippen LogP contribution < -0.4 is 9.47 Å². The van der Waals surface area contributed by atoms with Crippen LogP contribution in [0, 0.1) is 6.92 Å². The summed E-state index contributed by atoms with van der Waals surface area (Å²) >= 11 is 0. The minimum absolute atomic E-state index is 0.235. The Morgan fingerprint density at radius 2 is 1.10 bits per heavy atom. The maximum absolute atomic E-state index is 12.8. The number of hydrogen-bond acceptors (Lipinski definition) is 4. The van der Waals surface area contributed by atoms with Crippen molar-refractivity contribution in [3.63, 3.8) is 0 Å². The summed E-state index contributed by atoms with van der Waals surface area (Å²) < 4.78 is 36.7. The Hall–Kier alpha value is -3.31. The highest BCUT2D eigenvalue weighted by Crippen LogP contribution is 2.29. The van der Waals surface area contributed by atoms with Crippen LogP contribution in [-0.4, -0.2) is 15.5 Å². The molecule has 146 valence electrons. The topological polar surface area (TPSA) is 52.6 Å². The van der Waals surface area contributed by atoms with Crippen molar-refractivity contribution in [3.8, 4) is 17.2 Å². The molecular formula is C24H20O4S. The van der Waals surface area contributed by atoms with Crippen molar-refractivity contribution in [2.24, 2.45) is 0 Å². The molecule has 0 saturated heterocycles. The number of sulfone groups is 1. The molecule has 0 atom stereocenters. The lowest BCUT2D eigenvalue weighted by Gasteiger charge is -2.09. The summed E-state index contributed by atoms with van der Waals surface area (Å²) in [5, 5.41) is 2.08. The first-order valence-electron chi connectivity index (χ1n) is 9.13. The molecule has 0 spiro atoms. The minimum Gasteiger partial charge on any atom is -0.497 e. The van der Waals surface area contributed by atoms with Crippen LogP contribution in [0.25, 0.3) is 10.8 Å². The summed E-state index contributed by atoms with van der Waals surface area (Å²) in [5.74, 6) is 2.05. The molecule has 4 aromatic carbocycles. The van der Waals surface area contributed by atoms with E-state index in [-0.39, 0.29) is 9.79 Å². The number of rotatable bonds is 5. The molecule has 0 heterocycles. The Kier molecular flexibility index (Phi) is 4.99. The number of aryl methyl sites for hydroxylation is 1. The second-order valence-electron chi connectivity index (χ2n) is 6.76. The largest absolute Gasteiger partial charge is 0.497 e. The third kappa shape index (κ3) is 3.96. The molecule has 0 amide bonds. The first-order valence-corrected chi connectivity index (χ1v) is 10.6. The lowest BCUT2D eigenvalue weighted by molar-refractivity contribution is 0.415. The predicted octanol–water partition coefficient (Wildman–Crippen LogP) is 5.78. The molecule has 0 radical (unpaired) electrons. The highest BCUT2D eigenvalue weighted by Gasteiger charge is 2.17. The van der Waals surface area contributed by atoms with Gasteiger partial charge in [-0.05, 0) is 78.4 Å². The van der Waals surface area contributed by atoms with E-state index in [1.165, 1.54) is 0 Å². The molecule has 29 heavy (non-hydrogen) atoms. The van der Waals surface area contributed by atoms with Gasteiger partial charge >= 0.3 is 0 Å². The van der Waals surface area contributed by atoms with Crippen LogP contribution >= 0.6 is 0 Å². The molecule has 0 aromatic heterocycles. The maximum Gasteiger partial charge on any atom is 0.206 e. The van der Waals surface area contributed by atoms with Gasteiger partial charge in [-0.2, -0.15) is 0 Å². The lowest BCUT2D eigenvalue weighted by Crippen LogP contribution is -2.01. The molecule has 0 fully saturated rings. The van der Waals surface area contributed by atoms with E-state index in [0.29, 0.717) is 11.5 Å². The first-order chi connectivity index (χ1) is 14.0. The highest BCUT2D eigenvalue weighted by atomic mass is 32.2. The zero-order valence-electron chi connectivity index (χ0n) is 16.1. The average molecular weight is 404 g/mol. The van der Waals surface area contributed by atoms with Gasteiger partial charge in [-0.1, -0.05) is 29.8 Å². The predicted molar refractivity (Wildman–Crippen MR) is 114 cm³/mol. The van der Waals surface area contributed by atoms with Gasteiger partial charge in [0, 0.05) is 0 Å². The first kappa shape index (κ1) is 19.0. The monoisotopic (exact) mass is 404 g/mol. The van der Waals surface area contributed by atoms with Gasteiger partial charge in [0.1, 0.15) is 17.2 Å².